The third-order valence-corrected chi connectivity index (χ3v) is 4.53. The molecule has 0 bridgehead atoms. The van der Waals surface area contributed by atoms with Crippen molar-refractivity contribution in [3.8, 4) is 0 Å². The fourth-order valence-corrected chi connectivity index (χ4v) is 3.08. The van der Waals surface area contributed by atoms with Gasteiger partial charge in [-0.2, -0.15) is 0 Å². The number of rotatable bonds is 8. The minimum Gasteiger partial charge on any atom is -0.380 e. The first-order valence-electron chi connectivity index (χ1n) is 7.52. The van der Waals surface area contributed by atoms with Gasteiger partial charge in [0, 0.05) is 31.4 Å². The molecule has 1 N–H and O–H groups in total. The quantitative estimate of drug-likeness (QED) is 0.754. The Bertz CT molecular complexity index is 678. The van der Waals surface area contributed by atoms with Crippen LogP contribution in [-0.4, -0.2) is 18.8 Å². The molecule has 0 aliphatic rings. The third-order valence-electron chi connectivity index (χ3n) is 3.49. The number of aryl methyl sites for hydroxylation is 1. The molecular weight excluding hydrogens is 310 g/mol. The number of ether oxygens (including phenoxy) is 1. The number of amides is 1. The predicted octanol–water partition coefficient (Wildman–Crippen LogP) is 3.48. The maximum Gasteiger partial charge on any atom is 0.220 e. The lowest BCUT2D eigenvalue weighted by Gasteiger charge is -2.10. The molecule has 2 rings (SSSR count). The van der Waals surface area contributed by atoms with Gasteiger partial charge in [-0.25, -0.2) is 0 Å². The maximum atomic E-state index is 12.0. The highest BCUT2D eigenvalue weighted by Gasteiger charge is 2.11. The van der Waals surface area contributed by atoms with Crippen molar-refractivity contribution in [2.24, 2.45) is 0 Å². The number of ketones is 1. The highest BCUT2D eigenvalue weighted by atomic mass is 32.1. The van der Waals surface area contributed by atoms with E-state index < -0.39 is 0 Å². The van der Waals surface area contributed by atoms with Gasteiger partial charge in [0.25, 0.3) is 0 Å². The second kappa shape index (κ2) is 8.60. The number of carbonyl (C=O) groups is 2. The number of nitrogens with one attached hydrogen (secondary N) is 1. The summed E-state index contributed by atoms with van der Waals surface area (Å²) < 4.78 is 5.15. The van der Waals surface area contributed by atoms with Crippen LogP contribution in [0.15, 0.2) is 36.4 Å². The molecule has 4 nitrogen and oxygen atoms in total. The van der Waals surface area contributed by atoms with Crippen LogP contribution in [0.4, 0.5) is 0 Å². The molecule has 0 fully saturated rings. The number of thiophene rings is 1. The van der Waals surface area contributed by atoms with E-state index in [1.807, 2.05) is 43.3 Å². The topological polar surface area (TPSA) is 55.4 Å². The average molecular weight is 331 g/mol. The number of benzene rings is 1. The van der Waals surface area contributed by atoms with E-state index in [1.54, 1.807) is 7.11 Å². The maximum absolute atomic E-state index is 12.0. The van der Waals surface area contributed by atoms with E-state index in [1.165, 1.54) is 11.3 Å². The van der Waals surface area contributed by atoms with Crippen molar-refractivity contribution in [3.63, 3.8) is 0 Å². The van der Waals surface area contributed by atoms with Crippen LogP contribution in [0.3, 0.4) is 0 Å². The Morgan fingerprint density at radius 3 is 2.48 bits per heavy atom. The van der Waals surface area contributed by atoms with E-state index in [0.717, 1.165) is 20.9 Å². The zero-order valence-electron chi connectivity index (χ0n) is 13.4. The minimum atomic E-state index is -0.112. The molecule has 0 saturated heterocycles. The van der Waals surface area contributed by atoms with Crippen LogP contribution in [0, 0.1) is 6.92 Å². The summed E-state index contributed by atoms with van der Waals surface area (Å²) in [6.45, 7) is 2.93. The van der Waals surface area contributed by atoms with Crippen molar-refractivity contribution in [1.82, 2.24) is 5.32 Å². The largest absolute Gasteiger partial charge is 0.380 e. The van der Waals surface area contributed by atoms with E-state index in [9.17, 15) is 9.59 Å². The summed E-state index contributed by atoms with van der Waals surface area (Å²) in [6, 6.07) is 11.6. The average Bonchev–Trinajstić information content (AvgIpc) is 2.98. The van der Waals surface area contributed by atoms with Gasteiger partial charge in [-0.05, 0) is 30.2 Å². The fraction of sp³-hybridized carbons (Fsp3) is 0.333. The van der Waals surface area contributed by atoms with Crippen LogP contribution < -0.4 is 5.32 Å². The summed E-state index contributed by atoms with van der Waals surface area (Å²) in [5, 5.41) is 2.87. The van der Waals surface area contributed by atoms with Crippen molar-refractivity contribution in [2.45, 2.75) is 32.9 Å². The van der Waals surface area contributed by atoms with Crippen molar-refractivity contribution < 1.29 is 14.3 Å². The molecule has 0 aliphatic heterocycles. The highest BCUT2D eigenvalue weighted by molar-refractivity contribution is 7.14. The second-order valence-corrected chi connectivity index (χ2v) is 6.60. The summed E-state index contributed by atoms with van der Waals surface area (Å²) in [6.07, 6.45) is 0.452. The molecule has 1 amide bonds. The molecule has 1 heterocycles. The normalized spacial score (nSPS) is 10.5. The van der Waals surface area contributed by atoms with Crippen molar-refractivity contribution in [2.75, 3.05) is 7.11 Å². The molecule has 0 atom stereocenters. The van der Waals surface area contributed by atoms with Gasteiger partial charge in [-0.3, -0.25) is 9.59 Å². The van der Waals surface area contributed by atoms with Crippen LogP contribution >= 0.6 is 11.3 Å². The molecule has 2 aromatic rings. The van der Waals surface area contributed by atoms with Gasteiger partial charge in [-0.15, -0.1) is 11.3 Å². The second-order valence-electron chi connectivity index (χ2n) is 5.31. The zero-order valence-corrected chi connectivity index (χ0v) is 14.2. The Kier molecular flexibility index (Phi) is 6.50. The smallest absolute Gasteiger partial charge is 0.220 e. The monoisotopic (exact) mass is 331 g/mol. The van der Waals surface area contributed by atoms with E-state index in [-0.39, 0.29) is 24.5 Å². The Labute approximate surface area is 140 Å². The van der Waals surface area contributed by atoms with Gasteiger partial charge in [0.05, 0.1) is 11.5 Å². The van der Waals surface area contributed by atoms with E-state index in [2.05, 4.69) is 5.32 Å². The van der Waals surface area contributed by atoms with Gasteiger partial charge < -0.3 is 10.1 Å². The molecule has 23 heavy (non-hydrogen) atoms. The molecule has 5 heteroatoms. The molecule has 122 valence electrons. The van der Waals surface area contributed by atoms with Crippen LogP contribution in [-0.2, 0) is 22.7 Å². The zero-order chi connectivity index (χ0) is 16.7. The Morgan fingerprint density at radius 2 is 1.83 bits per heavy atom. The van der Waals surface area contributed by atoms with Gasteiger partial charge in [0.2, 0.25) is 5.91 Å². The first kappa shape index (κ1) is 17.4. The predicted molar refractivity (Wildman–Crippen MR) is 91.6 cm³/mol. The van der Waals surface area contributed by atoms with E-state index >= 15 is 0 Å². The molecule has 0 saturated carbocycles. The Balaban J connectivity index is 1.80. The standard InChI is InChI=1S/C18H21NO3S/c1-13-7-9-17(23-13)16(20)8-10-18(21)19-11-14-5-3-4-6-15(14)12-22-2/h3-7,9H,8,10-12H2,1-2H3,(H,19,21). The molecular formula is C18H21NO3S. The lowest BCUT2D eigenvalue weighted by Crippen LogP contribution is -2.23. The first-order chi connectivity index (χ1) is 11.1. The molecule has 0 radical (unpaired) electrons. The van der Waals surface area contributed by atoms with Crippen LogP contribution in [0.25, 0.3) is 0 Å². The summed E-state index contributed by atoms with van der Waals surface area (Å²) in [4.78, 5) is 25.8. The van der Waals surface area contributed by atoms with E-state index in [0.29, 0.717) is 13.2 Å². The lowest BCUT2D eigenvalue weighted by molar-refractivity contribution is -0.121. The minimum absolute atomic E-state index is 0.0260. The van der Waals surface area contributed by atoms with Crippen LogP contribution in [0.2, 0.25) is 0 Å². The molecule has 0 unspecified atom stereocenters. The fourth-order valence-electron chi connectivity index (χ4n) is 2.24. The number of carbonyl (C=O) groups excluding carboxylic acids is 2. The van der Waals surface area contributed by atoms with Crippen molar-refractivity contribution >= 4 is 23.0 Å². The summed E-state index contributed by atoms with van der Waals surface area (Å²) in [7, 11) is 1.65. The summed E-state index contributed by atoms with van der Waals surface area (Å²) >= 11 is 1.47. The molecule has 1 aromatic carbocycles. The molecule has 0 spiro atoms. The first-order valence-corrected chi connectivity index (χ1v) is 8.34. The number of hydrogen-bond acceptors (Lipinski definition) is 4. The van der Waals surface area contributed by atoms with Crippen molar-refractivity contribution in [3.05, 3.63) is 57.3 Å². The highest BCUT2D eigenvalue weighted by Crippen LogP contribution is 2.17. The number of Topliss-reactive ketones (excluding diaryl/α,β-unsaturated/α-hetero) is 1. The summed E-state index contributed by atoms with van der Waals surface area (Å²) in [5.41, 5.74) is 2.09. The lowest BCUT2D eigenvalue weighted by atomic mass is 10.1. The SMILES string of the molecule is COCc1ccccc1CNC(=O)CCC(=O)c1ccc(C)s1. The molecule has 1 aromatic heterocycles. The van der Waals surface area contributed by atoms with E-state index in [4.69, 9.17) is 4.74 Å². The third kappa shape index (κ3) is 5.30. The van der Waals surface area contributed by atoms with Gasteiger partial charge in [0.15, 0.2) is 5.78 Å². The molecule has 0 aliphatic carbocycles. The Hall–Kier alpha value is -1.98. The number of methoxy groups -OCH3 is 1. The Morgan fingerprint density at radius 1 is 1.09 bits per heavy atom. The van der Waals surface area contributed by atoms with Gasteiger partial charge in [0.1, 0.15) is 0 Å². The number of hydrogen-bond donors (Lipinski definition) is 1. The van der Waals surface area contributed by atoms with Gasteiger partial charge in [-0.1, -0.05) is 24.3 Å². The van der Waals surface area contributed by atoms with Crippen LogP contribution in [0.1, 0.15) is 38.5 Å². The van der Waals surface area contributed by atoms with Crippen molar-refractivity contribution in [1.29, 1.82) is 0 Å². The van der Waals surface area contributed by atoms with Gasteiger partial charge >= 0.3 is 0 Å². The summed E-state index contributed by atoms with van der Waals surface area (Å²) in [5.74, 6) is -0.0862. The van der Waals surface area contributed by atoms with Crippen LogP contribution in [0.5, 0.6) is 0 Å².